The SMILES string of the molecule is CCCC(CC)(CCC)C(CC)(CCC)C(CC)(CCC)OC(=O)CCC/C=C\C[C@@H]1[C@@H](CC[C@@H](O)CCc2ccccc2)[C@H](OC2CCCCO2)C[C@@H]1O. The Morgan fingerprint density at radius 2 is 1.58 bits per heavy atom. The van der Waals surface area contributed by atoms with Crippen LogP contribution in [0.25, 0.3) is 0 Å². The van der Waals surface area contributed by atoms with Gasteiger partial charge < -0.3 is 24.4 Å². The molecule has 2 aliphatic rings. The van der Waals surface area contributed by atoms with Gasteiger partial charge in [-0.15, -0.1) is 0 Å². The van der Waals surface area contributed by atoms with Gasteiger partial charge in [0.1, 0.15) is 5.60 Å². The van der Waals surface area contributed by atoms with Crippen LogP contribution < -0.4 is 0 Å². The number of allylic oxidation sites excluding steroid dienone is 2. The first-order valence-electron chi connectivity index (χ1n) is 23.2. The average molecular weight is 769 g/mol. The molecule has 1 saturated heterocycles. The number of carbonyl (C=O) groups is 1. The highest BCUT2D eigenvalue weighted by atomic mass is 16.7. The maximum Gasteiger partial charge on any atom is 0.306 e. The van der Waals surface area contributed by atoms with Crippen molar-refractivity contribution in [1.29, 1.82) is 0 Å². The number of benzene rings is 1. The monoisotopic (exact) mass is 769 g/mol. The van der Waals surface area contributed by atoms with Crippen LogP contribution in [0.5, 0.6) is 0 Å². The minimum absolute atomic E-state index is 0.0438. The number of unbranched alkanes of at least 4 members (excludes halogenated alkanes) is 1. The summed E-state index contributed by atoms with van der Waals surface area (Å²) < 4.78 is 19.3. The number of aryl methyl sites for hydroxylation is 1. The van der Waals surface area contributed by atoms with Crippen LogP contribution in [-0.2, 0) is 25.4 Å². The second-order valence-corrected chi connectivity index (χ2v) is 17.3. The van der Waals surface area contributed by atoms with Crippen LogP contribution in [0.1, 0.15) is 195 Å². The highest BCUT2D eigenvalue weighted by Crippen LogP contribution is 2.62. The lowest BCUT2D eigenvalue weighted by Gasteiger charge is -2.60. The molecule has 55 heavy (non-hydrogen) atoms. The van der Waals surface area contributed by atoms with E-state index in [1.54, 1.807) is 0 Å². The van der Waals surface area contributed by atoms with Gasteiger partial charge in [-0.3, -0.25) is 4.79 Å². The van der Waals surface area contributed by atoms with Crippen molar-refractivity contribution >= 4 is 5.97 Å². The maximum absolute atomic E-state index is 13.8. The minimum atomic E-state index is -0.455. The van der Waals surface area contributed by atoms with Crippen molar-refractivity contribution < 1.29 is 29.2 Å². The number of rotatable bonds is 28. The van der Waals surface area contributed by atoms with E-state index in [-0.39, 0.29) is 47.1 Å². The van der Waals surface area contributed by atoms with Crippen molar-refractivity contribution in [3.8, 4) is 0 Å². The molecule has 0 spiro atoms. The summed E-state index contributed by atoms with van der Waals surface area (Å²) in [6, 6.07) is 10.4. The third-order valence-electron chi connectivity index (χ3n) is 14.1. The van der Waals surface area contributed by atoms with Gasteiger partial charge in [0.05, 0.1) is 18.3 Å². The van der Waals surface area contributed by atoms with Gasteiger partial charge in [0, 0.05) is 24.9 Å². The van der Waals surface area contributed by atoms with E-state index in [9.17, 15) is 15.0 Å². The zero-order valence-electron chi connectivity index (χ0n) is 36.5. The first-order chi connectivity index (χ1) is 26.6. The van der Waals surface area contributed by atoms with Gasteiger partial charge >= 0.3 is 5.97 Å². The Morgan fingerprint density at radius 3 is 2.18 bits per heavy atom. The zero-order valence-corrected chi connectivity index (χ0v) is 36.5. The molecule has 0 aromatic heterocycles. The van der Waals surface area contributed by atoms with Gasteiger partial charge in [-0.25, -0.2) is 0 Å². The summed E-state index contributed by atoms with van der Waals surface area (Å²) >= 11 is 0. The summed E-state index contributed by atoms with van der Waals surface area (Å²) in [5.74, 6) is 0.184. The van der Waals surface area contributed by atoms with E-state index in [0.717, 1.165) is 122 Å². The van der Waals surface area contributed by atoms with Crippen molar-refractivity contribution in [3.63, 3.8) is 0 Å². The molecule has 2 fully saturated rings. The predicted molar refractivity (Wildman–Crippen MR) is 228 cm³/mol. The summed E-state index contributed by atoms with van der Waals surface area (Å²) in [6.07, 6.45) is 24.7. The molecule has 1 aromatic carbocycles. The third-order valence-corrected chi connectivity index (χ3v) is 14.1. The quantitative estimate of drug-likeness (QED) is 0.0502. The summed E-state index contributed by atoms with van der Waals surface area (Å²) in [7, 11) is 0. The van der Waals surface area contributed by atoms with E-state index in [1.165, 1.54) is 18.4 Å². The molecule has 2 N–H and O–H groups in total. The number of carbonyl (C=O) groups excluding carboxylic acids is 1. The molecule has 1 aliphatic heterocycles. The summed E-state index contributed by atoms with van der Waals surface area (Å²) in [5, 5.41) is 22.3. The molecule has 0 amide bonds. The molecular weight excluding hydrogens is 685 g/mol. The second kappa shape index (κ2) is 24.9. The van der Waals surface area contributed by atoms with E-state index in [0.29, 0.717) is 19.3 Å². The molecule has 1 aliphatic carbocycles. The molecule has 3 unspecified atom stereocenters. The fraction of sp³-hybridized carbons (Fsp3) is 0.816. The molecular formula is C49H84O6. The predicted octanol–water partition coefficient (Wildman–Crippen LogP) is 12.5. The molecule has 316 valence electrons. The van der Waals surface area contributed by atoms with Crippen molar-refractivity contribution in [1.82, 2.24) is 0 Å². The molecule has 6 heteroatoms. The Kier molecular flexibility index (Phi) is 21.6. The molecule has 0 radical (unpaired) electrons. The van der Waals surface area contributed by atoms with E-state index < -0.39 is 11.7 Å². The molecule has 3 rings (SSSR count). The Hall–Kier alpha value is -1.73. The number of aliphatic hydroxyl groups is 2. The van der Waals surface area contributed by atoms with E-state index >= 15 is 0 Å². The van der Waals surface area contributed by atoms with Crippen LogP contribution in [0, 0.1) is 22.7 Å². The van der Waals surface area contributed by atoms with Crippen LogP contribution in [-0.4, -0.2) is 53.0 Å². The maximum atomic E-state index is 13.8. The van der Waals surface area contributed by atoms with Gasteiger partial charge in [0.25, 0.3) is 0 Å². The van der Waals surface area contributed by atoms with E-state index in [1.807, 2.05) is 18.2 Å². The van der Waals surface area contributed by atoms with Gasteiger partial charge in [0.15, 0.2) is 6.29 Å². The number of esters is 1. The molecule has 6 nitrogen and oxygen atoms in total. The van der Waals surface area contributed by atoms with Crippen LogP contribution in [0.3, 0.4) is 0 Å². The number of hydrogen-bond acceptors (Lipinski definition) is 6. The largest absolute Gasteiger partial charge is 0.458 e. The summed E-state index contributed by atoms with van der Waals surface area (Å²) in [5.41, 5.74) is 0.908. The van der Waals surface area contributed by atoms with E-state index in [4.69, 9.17) is 14.2 Å². The molecule has 8 atom stereocenters. The Bertz CT molecular complexity index is 1190. The average Bonchev–Trinajstić information content (AvgIpc) is 3.49. The molecule has 1 saturated carbocycles. The van der Waals surface area contributed by atoms with Crippen molar-refractivity contribution in [2.45, 2.75) is 226 Å². The van der Waals surface area contributed by atoms with Gasteiger partial charge in [-0.2, -0.15) is 0 Å². The van der Waals surface area contributed by atoms with Crippen LogP contribution in [0.15, 0.2) is 42.5 Å². The van der Waals surface area contributed by atoms with Crippen molar-refractivity contribution in [2.75, 3.05) is 6.61 Å². The lowest BCUT2D eigenvalue weighted by molar-refractivity contribution is -0.212. The second-order valence-electron chi connectivity index (χ2n) is 17.3. The Labute approximate surface area is 338 Å². The first kappa shape index (κ1) is 47.6. The van der Waals surface area contributed by atoms with Crippen LogP contribution in [0.2, 0.25) is 0 Å². The lowest BCUT2D eigenvalue weighted by Crippen LogP contribution is -2.59. The standard InChI is InChI=1S/C49H84O6/c1-8-33-47(12-5,34-9-2)48(13-6,35-10-3)49(14-7,36-11-4)55-45(52)27-21-16-15-20-26-41-42(32-31-40(50)30-29-39-24-18-17-19-25-39)44(38-43(41)51)54-46-28-22-23-37-53-46/h15,17-20,24-25,40-44,46,50-51H,8-14,16,21-23,26-38H2,1-7H3/b20-15-/t40-,41+,42+,43-,44+,46?,48?,49?/m0/s1. The van der Waals surface area contributed by atoms with E-state index in [2.05, 4.69) is 72.8 Å². The number of ether oxygens (including phenoxy) is 3. The van der Waals surface area contributed by atoms with Gasteiger partial charge in [0.2, 0.25) is 0 Å². The summed E-state index contributed by atoms with van der Waals surface area (Å²) in [6.45, 7) is 16.9. The Balaban J connectivity index is 1.64. The van der Waals surface area contributed by atoms with Crippen LogP contribution >= 0.6 is 0 Å². The highest BCUT2D eigenvalue weighted by Gasteiger charge is 2.60. The minimum Gasteiger partial charge on any atom is -0.458 e. The normalized spacial score (nSPS) is 24.8. The van der Waals surface area contributed by atoms with Gasteiger partial charge in [-0.05, 0) is 132 Å². The van der Waals surface area contributed by atoms with Crippen LogP contribution in [0.4, 0.5) is 0 Å². The lowest BCUT2D eigenvalue weighted by atomic mass is 9.47. The molecule has 0 bridgehead atoms. The smallest absolute Gasteiger partial charge is 0.306 e. The van der Waals surface area contributed by atoms with Crippen molar-refractivity contribution in [3.05, 3.63) is 48.0 Å². The third kappa shape index (κ3) is 12.9. The fourth-order valence-electron chi connectivity index (χ4n) is 11.5. The summed E-state index contributed by atoms with van der Waals surface area (Å²) in [4.78, 5) is 13.8. The number of aliphatic hydroxyl groups excluding tert-OH is 2. The number of hydrogen-bond donors (Lipinski definition) is 2. The first-order valence-corrected chi connectivity index (χ1v) is 23.2. The molecule has 1 heterocycles. The zero-order chi connectivity index (χ0) is 40.2. The topological polar surface area (TPSA) is 85.2 Å². The Morgan fingerprint density at radius 1 is 0.873 bits per heavy atom. The fourth-order valence-corrected chi connectivity index (χ4v) is 11.5. The highest BCUT2D eigenvalue weighted by molar-refractivity contribution is 5.70. The van der Waals surface area contributed by atoms with Gasteiger partial charge in [-0.1, -0.05) is 117 Å². The molecule has 1 aromatic rings. The van der Waals surface area contributed by atoms with Crippen molar-refractivity contribution in [2.24, 2.45) is 22.7 Å².